The summed E-state index contributed by atoms with van der Waals surface area (Å²) in [5, 5.41) is 0.931. The monoisotopic (exact) mass is 303 g/mol. The molecule has 2 rings (SSSR count). The quantitative estimate of drug-likeness (QED) is 0.792. The van der Waals surface area contributed by atoms with Crippen molar-refractivity contribution in [3.8, 4) is 0 Å². The number of fused-ring (bicyclic) bond motifs is 1. The maximum atomic E-state index is 12.4. The highest BCUT2D eigenvalue weighted by Gasteiger charge is 2.21. The van der Waals surface area contributed by atoms with Gasteiger partial charge in [-0.1, -0.05) is 13.0 Å². The molecule has 0 atom stereocenters. The highest BCUT2D eigenvalue weighted by molar-refractivity contribution is 5.98. The van der Waals surface area contributed by atoms with Gasteiger partial charge < -0.3 is 9.47 Å². The maximum absolute atomic E-state index is 12.4. The van der Waals surface area contributed by atoms with Crippen LogP contribution < -0.4 is 0 Å². The standard InChI is InChI=1S/C17H21NO4/c1-6-11-10-18(16(20)22-17(2,3)4)14-9-12(15(19)21-5)7-8-13(11)14/h7-10H,6H2,1-5H3. The van der Waals surface area contributed by atoms with E-state index >= 15 is 0 Å². The molecule has 0 fully saturated rings. The van der Waals surface area contributed by atoms with Crippen LogP contribution in [0, 0.1) is 0 Å². The van der Waals surface area contributed by atoms with E-state index in [1.165, 1.54) is 11.7 Å². The topological polar surface area (TPSA) is 57.5 Å². The Labute approximate surface area is 129 Å². The molecule has 0 saturated heterocycles. The van der Waals surface area contributed by atoms with Crippen LogP contribution in [0.1, 0.15) is 43.6 Å². The van der Waals surface area contributed by atoms with Gasteiger partial charge in [0.1, 0.15) is 5.60 Å². The summed E-state index contributed by atoms with van der Waals surface area (Å²) in [5.41, 5.74) is 1.49. The molecule has 118 valence electrons. The highest BCUT2D eigenvalue weighted by atomic mass is 16.6. The highest BCUT2D eigenvalue weighted by Crippen LogP contribution is 2.25. The Morgan fingerprint density at radius 3 is 2.45 bits per heavy atom. The predicted octanol–water partition coefficient (Wildman–Crippen LogP) is 3.77. The van der Waals surface area contributed by atoms with Crippen molar-refractivity contribution < 1.29 is 19.1 Å². The van der Waals surface area contributed by atoms with E-state index in [1.807, 2.05) is 33.8 Å². The van der Waals surface area contributed by atoms with Crippen LogP contribution in [0.5, 0.6) is 0 Å². The minimum atomic E-state index is -0.583. The molecule has 0 aliphatic heterocycles. The van der Waals surface area contributed by atoms with Crippen LogP contribution in [0.2, 0.25) is 0 Å². The molecule has 0 amide bonds. The van der Waals surface area contributed by atoms with E-state index in [4.69, 9.17) is 9.47 Å². The molecule has 0 unspecified atom stereocenters. The molecule has 1 aromatic heterocycles. The fraction of sp³-hybridized carbons (Fsp3) is 0.412. The molecule has 0 aliphatic rings. The number of carbonyl (C=O) groups is 2. The SMILES string of the molecule is CCc1cn(C(=O)OC(C)(C)C)c2cc(C(=O)OC)ccc12. The molecule has 1 aromatic carbocycles. The number of carbonyl (C=O) groups excluding carboxylic acids is 2. The van der Waals surface area contributed by atoms with Crippen LogP contribution in [-0.2, 0) is 15.9 Å². The van der Waals surface area contributed by atoms with Gasteiger partial charge in [-0.15, -0.1) is 0 Å². The van der Waals surface area contributed by atoms with Gasteiger partial charge in [-0.25, -0.2) is 9.59 Å². The second-order valence-electron chi connectivity index (χ2n) is 6.08. The Morgan fingerprint density at radius 2 is 1.91 bits per heavy atom. The molecule has 2 aromatic rings. The number of benzene rings is 1. The van der Waals surface area contributed by atoms with Crippen LogP contribution in [0.3, 0.4) is 0 Å². The largest absolute Gasteiger partial charge is 0.465 e. The summed E-state index contributed by atoms with van der Waals surface area (Å²) < 4.78 is 11.6. The van der Waals surface area contributed by atoms with Crippen LogP contribution >= 0.6 is 0 Å². The lowest BCUT2D eigenvalue weighted by Crippen LogP contribution is -2.26. The van der Waals surface area contributed by atoms with E-state index < -0.39 is 17.7 Å². The smallest absolute Gasteiger partial charge is 0.419 e. The lowest BCUT2D eigenvalue weighted by molar-refractivity contribution is 0.0541. The summed E-state index contributed by atoms with van der Waals surface area (Å²) in [6, 6.07) is 5.19. The van der Waals surface area contributed by atoms with Crippen molar-refractivity contribution in [2.75, 3.05) is 7.11 Å². The van der Waals surface area contributed by atoms with E-state index in [2.05, 4.69) is 0 Å². The van der Waals surface area contributed by atoms with E-state index in [0.717, 1.165) is 17.4 Å². The summed E-state index contributed by atoms with van der Waals surface area (Å²) >= 11 is 0. The molecule has 1 heterocycles. The molecular formula is C17H21NO4. The van der Waals surface area contributed by atoms with Crippen LogP contribution in [0.4, 0.5) is 4.79 Å². The Balaban J connectivity index is 2.57. The first-order chi connectivity index (χ1) is 10.3. The molecule has 0 radical (unpaired) electrons. The van der Waals surface area contributed by atoms with Crippen molar-refractivity contribution in [2.24, 2.45) is 0 Å². The van der Waals surface area contributed by atoms with Gasteiger partial charge in [-0.3, -0.25) is 4.57 Å². The first-order valence-corrected chi connectivity index (χ1v) is 7.22. The first-order valence-electron chi connectivity index (χ1n) is 7.22. The third-order valence-electron chi connectivity index (χ3n) is 3.28. The molecule has 0 saturated carbocycles. The molecule has 0 N–H and O–H groups in total. The normalized spacial score (nSPS) is 11.5. The number of hydrogen-bond acceptors (Lipinski definition) is 4. The van der Waals surface area contributed by atoms with Gasteiger partial charge in [0, 0.05) is 11.6 Å². The summed E-state index contributed by atoms with van der Waals surface area (Å²) in [7, 11) is 1.33. The van der Waals surface area contributed by atoms with Gasteiger partial charge in [0.25, 0.3) is 0 Å². The van der Waals surface area contributed by atoms with Crippen LogP contribution in [-0.4, -0.2) is 29.3 Å². The molecule has 22 heavy (non-hydrogen) atoms. The lowest BCUT2D eigenvalue weighted by Gasteiger charge is -2.19. The summed E-state index contributed by atoms with van der Waals surface area (Å²) in [5.74, 6) is -0.433. The van der Waals surface area contributed by atoms with E-state index in [1.54, 1.807) is 18.3 Å². The molecule has 5 nitrogen and oxygen atoms in total. The second kappa shape index (κ2) is 5.83. The average Bonchev–Trinajstić information content (AvgIpc) is 2.82. The fourth-order valence-electron chi connectivity index (χ4n) is 2.29. The lowest BCUT2D eigenvalue weighted by atomic mass is 10.1. The zero-order valence-electron chi connectivity index (χ0n) is 13.6. The molecule has 5 heteroatoms. The van der Waals surface area contributed by atoms with Crippen molar-refractivity contribution in [1.82, 2.24) is 4.57 Å². The summed E-state index contributed by atoms with van der Waals surface area (Å²) in [4.78, 5) is 24.1. The van der Waals surface area contributed by atoms with Gasteiger partial charge in [-0.2, -0.15) is 0 Å². The minimum absolute atomic E-state index is 0.403. The Bertz CT molecular complexity index is 722. The van der Waals surface area contributed by atoms with Gasteiger partial charge in [0.2, 0.25) is 0 Å². The van der Waals surface area contributed by atoms with E-state index in [9.17, 15) is 9.59 Å². The molecule has 0 bridgehead atoms. The van der Waals surface area contributed by atoms with Gasteiger partial charge >= 0.3 is 12.1 Å². The van der Waals surface area contributed by atoms with Crippen molar-refractivity contribution in [1.29, 1.82) is 0 Å². The Hall–Kier alpha value is -2.30. The zero-order chi connectivity index (χ0) is 16.5. The fourth-order valence-corrected chi connectivity index (χ4v) is 2.29. The number of aryl methyl sites for hydroxylation is 1. The van der Waals surface area contributed by atoms with E-state index in [-0.39, 0.29) is 0 Å². The average molecular weight is 303 g/mol. The Kier molecular flexibility index (Phi) is 4.26. The molecule has 0 aliphatic carbocycles. The summed E-state index contributed by atoms with van der Waals surface area (Å²) in [6.07, 6.45) is 2.09. The number of ether oxygens (including phenoxy) is 2. The zero-order valence-corrected chi connectivity index (χ0v) is 13.6. The number of nitrogens with zero attached hydrogens (tertiary/aromatic N) is 1. The number of methoxy groups -OCH3 is 1. The van der Waals surface area contributed by atoms with Gasteiger partial charge in [0.05, 0.1) is 18.2 Å². The number of rotatable bonds is 2. The van der Waals surface area contributed by atoms with Crippen LogP contribution in [0.15, 0.2) is 24.4 Å². The third-order valence-corrected chi connectivity index (χ3v) is 3.28. The summed E-state index contributed by atoms with van der Waals surface area (Å²) in [6.45, 7) is 7.47. The van der Waals surface area contributed by atoms with Crippen molar-refractivity contribution in [3.63, 3.8) is 0 Å². The predicted molar refractivity (Wildman–Crippen MR) is 84.3 cm³/mol. The van der Waals surface area contributed by atoms with Crippen molar-refractivity contribution >= 4 is 23.0 Å². The number of aromatic nitrogens is 1. The van der Waals surface area contributed by atoms with Crippen LogP contribution in [0.25, 0.3) is 10.9 Å². The first kappa shape index (κ1) is 16.1. The van der Waals surface area contributed by atoms with E-state index in [0.29, 0.717) is 11.1 Å². The van der Waals surface area contributed by atoms with Gasteiger partial charge in [-0.05, 0) is 44.9 Å². The van der Waals surface area contributed by atoms with Crippen molar-refractivity contribution in [2.45, 2.75) is 39.7 Å². The minimum Gasteiger partial charge on any atom is -0.465 e. The van der Waals surface area contributed by atoms with Crippen molar-refractivity contribution in [3.05, 3.63) is 35.5 Å². The molecule has 0 spiro atoms. The Morgan fingerprint density at radius 1 is 1.23 bits per heavy atom. The van der Waals surface area contributed by atoms with Gasteiger partial charge in [0.15, 0.2) is 0 Å². The maximum Gasteiger partial charge on any atom is 0.419 e. The number of esters is 1. The second-order valence-corrected chi connectivity index (χ2v) is 6.08. The molecular weight excluding hydrogens is 282 g/mol. The number of hydrogen-bond donors (Lipinski definition) is 0. The third kappa shape index (κ3) is 3.13.